The van der Waals surface area contributed by atoms with E-state index in [2.05, 4.69) is 70.0 Å². The van der Waals surface area contributed by atoms with E-state index in [1.165, 1.54) is 126 Å². The van der Waals surface area contributed by atoms with Gasteiger partial charge in [0.1, 0.15) is 11.5 Å². The van der Waals surface area contributed by atoms with Gasteiger partial charge in [0.25, 0.3) is 0 Å². The van der Waals surface area contributed by atoms with Crippen LogP contribution in [-0.4, -0.2) is 13.2 Å². The number of halogens is 2. The molecular weight excluding hydrogens is 600 g/mol. The predicted molar refractivity (Wildman–Crippen MR) is 174 cm³/mol. The largest absolute Gasteiger partial charge is 0.492 e. The van der Waals surface area contributed by atoms with Gasteiger partial charge in [0.15, 0.2) is 0 Å². The topological polar surface area (TPSA) is 18.5 Å². The molecule has 2 rings (SSSR count). The van der Waals surface area contributed by atoms with Crippen LogP contribution in [0.15, 0.2) is 33.2 Å². The van der Waals surface area contributed by atoms with Crippen LogP contribution in [0.3, 0.4) is 0 Å². The third kappa shape index (κ3) is 14.6. The van der Waals surface area contributed by atoms with Gasteiger partial charge in [-0.3, -0.25) is 0 Å². The van der Waals surface area contributed by atoms with Crippen LogP contribution in [0, 0.1) is 0 Å². The molecule has 0 spiro atoms. The Kier molecular flexibility index (Phi) is 19.4. The van der Waals surface area contributed by atoms with Crippen molar-refractivity contribution < 1.29 is 9.47 Å². The fourth-order valence-corrected chi connectivity index (χ4v) is 5.97. The van der Waals surface area contributed by atoms with Gasteiger partial charge in [0.2, 0.25) is 0 Å². The van der Waals surface area contributed by atoms with Gasteiger partial charge < -0.3 is 9.47 Å². The summed E-state index contributed by atoms with van der Waals surface area (Å²) < 4.78 is 14.3. The summed E-state index contributed by atoms with van der Waals surface area (Å²) in [6.07, 6.45) is 26.8. The second-order valence-electron chi connectivity index (χ2n) is 11.0. The molecule has 0 N–H and O–H groups in total. The average Bonchev–Trinajstić information content (AvgIpc) is 2.91. The van der Waals surface area contributed by atoms with Gasteiger partial charge in [-0.25, -0.2) is 0 Å². The zero-order valence-corrected chi connectivity index (χ0v) is 27.6. The fourth-order valence-electron chi connectivity index (χ4n) is 5.02. The molecule has 2 nitrogen and oxygen atoms in total. The van der Waals surface area contributed by atoms with Crippen LogP contribution in [0.4, 0.5) is 0 Å². The molecular formula is C34H54Br2O2. The van der Waals surface area contributed by atoms with Crippen LogP contribution in [0.1, 0.15) is 142 Å². The molecule has 0 aliphatic carbocycles. The van der Waals surface area contributed by atoms with E-state index in [9.17, 15) is 0 Å². The number of hydrogen-bond acceptors (Lipinski definition) is 2. The normalized spacial score (nSPS) is 11.4. The second-order valence-corrected chi connectivity index (χ2v) is 12.7. The first-order chi connectivity index (χ1) is 18.7. The van der Waals surface area contributed by atoms with Crippen LogP contribution in [-0.2, 0) is 0 Å². The number of ether oxygens (including phenoxy) is 2. The Morgan fingerprint density at radius 3 is 1.03 bits per heavy atom. The molecule has 0 aliphatic heterocycles. The van der Waals surface area contributed by atoms with E-state index in [1.54, 1.807) is 0 Å². The Bertz CT molecular complexity index is 796. The van der Waals surface area contributed by atoms with Crippen LogP contribution >= 0.6 is 31.9 Å². The fraction of sp³-hybridized carbons (Fsp3) is 0.706. The molecule has 38 heavy (non-hydrogen) atoms. The molecule has 0 aliphatic rings. The maximum Gasteiger partial charge on any atom is 0.134 e. The van der Waals surface area contributed by atoms with E-state index in [4.69, 9.17) is 9.47 Å². The molecule has 0 unspecified atom stereocenters. The van der Waals surface area contributed by atoms with Crippen molar-refractivity contribution in [2.24, 2.45) is 0 Å². The van der Waals surface area contributed by atoms with Crippen molar-refractivity contribution in [2.75, 3.05) is 13.2 Å². The lowest BCUT2D eigenvalue weighted by Gasteiger charge is -2.13. The third-order valence-electron chi connectivity index (χ3n) is 7.45. The van der Waals surface area contributed by atoms with Crippen molar-refractivity contribution in [3.05, 3.63) is 33.2 Å². The molecule has 0 atom stereocenters. The van der Waals surface area contributed by atoms with E-state index < -0.39 is 0 Å². The summed E-state index contributed by atoms with van der Waals surface area (Å²) in [5, 5.41) is 2.34. The summed E-state index contributed by atoms with van der Waals surface area (Å²) in [6.45, 7) is 6.12. The minimum Gasteiger partial charge on any atom is -0.492 e. The molecule has 0 radical (unpaired) electrons. The minimum atomic E-state index is 0.780. The molecule has 0 fully saturated rings. The Hall–Kier alpha value is -0.740. The highest BCUT2D eigenvalue weighted by atomic mass is 79.9. The average molecular weight is 655 g/mol. The summed E-state index contributed by atoms with van der Waals surface area (Å²) >= 11 is 7.45. The zero-order valence-electron chi connectivity index (χ0n) is 24.4. The number of rotatable bonds is 24. The number of benzene rings is 2. The molecule has 4 heteroatoms. The third-order valence-corrected chi connectivity index (χ3v) is 8.69. The highest BCUT2D eigenvalue weighted by Crippen LogP contribution is 2.36. The highest BCUT2D eigenvalue weighted by Gasteiger charge is 2.09. The lowest BCUT2D eigenvalue weighted by atomic mass is 10.1. The van der Waals surface area contributed by atoms with Gasteiger partial charge in [-0.2, -0.15) is 0 Å². The highest BCUT2D eigenvalue weighted by molar-refractivity contribution is 9.11. The molecule has 216 valence electrons. The second kappa shape index (κ2) is 22.0. The SMILES string of the molecule is CCCCCCCCCCCCOc1cc2cc(Br)c(OCCCCCCCCCCCC)cc2cc1Br. The Morgan fingerprint density at radius 1 is 0.421 bits per heavy atom. The van der Waals surface area contributed by atoms with Crippen LogP contribution in [0.5, 0.6) is 11.5 Å². The molecule has 0 amide bonds. The Morgan fingerprint density at radius 2 is 0.711 bits per heavy atom. The minimum absolute atomic E-state index is 0.780. The number of fused-ring (bicyclic) bond motifs is 1. The molecule has 0 heterocycles. The van der Waals surface area contributed by atoms with Gasteiger partial charge in [0, 0.05) is 0 Å². The van der Waals surface area contributed by atoms with Crippen LogP contribution in [0.25, 0.3) is 10.8 Å². The van der Waals surface area contributed by atoms with E-state index in [1.807, 2.05) is 0 Å². The maximum atomic E-state index is 6.14. The van der Waals surface area contributed by atoms with Gasteiger partial charge in [-0.15, -0.1) is 0 Å². The predicted octanol–water partition coefficient (Wildman–Crippen LogP) is 13.0. The molecule has 2 aromatic carbocycles. The monoisotopic (exact) mass is 652 g/mol. The van der Waals surface area contributed by atoms with Crippen molar-refractivity contribution in [1.82, 2.24) is 0 Å². The van der Waals surface area contributed by atoms with Crippen molar-refractivity contribution in [3.8, 4) is 11.5 Å². The summed E-state index contributed by atoms with van der Waals surface area (Å²) in [5.74, 6) is 1.86. The standard InChI is InChI=1S/C34H54Br2O2/c1-3-5-7-9-11-13-15-17-19-21-23-37-33-27-29-26-32(36)34(28-30(29)25-31(33)35)38-24-22-20-18-16-14-12-10-8-6-4-2/h25-28H,3-24H2,1-2H3. The zero-order chi connectivity index (χ0) is 27.3. The number of unbranched alkanes of at least 4 members (excludes halogenated alkanes) is 18. The molecule has 0 saturated heterocycles. The smallest absolute Gasteiger partial charge is 0.134 e. The van der Waals surface area contributed by atoms with Gasteiger partial charge in [-0.05, 0) is 79.7 Å². The van der Waals surface area contributed by atoms with Gasteiger partial charge >= 0.3 is 0 Å². The van der Waals surface area contributed by atoms with E-state index in [-0.39, 0.29) is 0 Å². The lowest BCUT2D eigenvalue weighted by Crippen LogP contribution is -1.99. The van der Waals surface area contributed by atoms with Crippen molar-refractivity contribution in [2.45, 2.75) is 142 Å². The number of hydrogen-bond donors (Lipinski definition) is 0. The first kappa shape index (κ1) is 33.5. The van der Waals surface area contributed by atoms with Crippen molar-refractivity contribution in [3.63, 3.8) is 0 Å². The Balaban J connectivity index is 1.64. The first-order valence-corrected chi connectivity index (χ1v) is 17.4. The molecule has 0 bridgehead atoms. The van der Waals surface area contributed by atoms with E-state index >= 15 is 0 Å². The Labute approximate surface area is 251 Å². The lowest BCUT2D eigenvalue weighted by molar-refractivity contribution is 0.302. The molecule has 0 aromatic heterocycles. The van der Waals surface area contributed by atoms with E-state index in [0.717, 1.165) is 46.5 Å². The van der Waals surface area contributed by atoms with E-state index in [0.29, 0.717) is 0 Å². The van der Waals surface area contributed by atoms with Crippen LogP contribution < -0.4 is 9.47 Å². The van der Waals surface area contributed by atoms with Gasteiger partial charge in [-0.1, -0.05) is 129 Å². The van der Waals surface area contributed by atoms with Crippen molar-refractivity contribution in [1.29, 1.82) is 0 Å². The van der Waals surface area contributed by atoms with Gasteiger partial charge in [0.05, 0.1) is 22.2 Å². The molecule has 2 aromatic rings. The first-order valence-electron chi connectivity index (χ1n) is 15.8. The summed E-state index contributed by atoms with van der Waals surface area (Å²) in [5.41, 5.74) is 0. The maximum absolute atomic E-state index is 6.14. The van der Waals surface area contributed by atoms with Crippen molar-refractivity contribution >= 4 is 42.6 Å². The quantitative estimate of drug-likeness (QED) is 0.105. The summed E-state index contributed by atoms with van der Waals surface area (Å²) in [6, 6.07) is 8.60. The van der Waals surface area contributed by atoms with Crippen LogP contribution in [0.2, 0.25) is 0 Å². The molecule has 0 saturated carbocycles. The summed E-state index contributed by atoms with van der Waals surface area (Å²) in [7, 11) is 0. The summed E-state index contributed by atoms with van der Waals surface area (Å²) in [4.78, 5) is 0.